The third-order valence-electron chi connectivity index (χ3n) is 2.31. The van der Waals surface area contributed by atoms with E-state index in [9.17, 15) is 9.90 Å². The Bertz CT molecular complexity index is 385. The van der Waals surface area contributed by atoms with E-state index in [-0.39, 0.29) is 5.91 Å². The third kappa shape index (κ3) is 1.12. The molecule has 3 heteroatoms. The van der Waals surface area contributed by atoms with Crippen molar-refractivity contribution in [3.8, 4) is 0 Å². The number of carbonyl (C=O) groups is 1. The summed E-state index contributed by atoms with van der Waals surface area (Å²) in [5.74, 6) is -0.330. The molecule has 2 rings (SSSR count). The molecule has 0 fully saturated rings. The number of benzene rings is 1. The van der Waals surface area contributed by atoms with Crippen molar-refractivity contribution >= 4 is 11.6 Å². The van der Waals surface area contributed by atoms with Crippen molar-refractivity contribution < 1.29 is 9.90 Å². The molecule has 0 saturated heterocycles. The molecule has 1 aromatic carbocycles. The molecule has 0 radical (unpaired) electrons. The van der Waals surface area contributed by atoms with Crippen LogP contribution in [-0.2, 0) is 4.79 Å². The lowest BCUT2D eigenvalue weighted by Crippen LogP contribution is -2.10. The van der Waals surface area contributed by atoms with Crippen LogP contribution in [0, 0.1) is 13.8 Å². The van der Waals surface area contributed by atoms with Crippen LogP contribution in [0.15, 0.2) is 12.1 Å². The first-order valence-electron chi connectivity index (χ1n) is 4.19. The van der Waals surface area contributed by atoms with E-state index in [2.05, 4.69) is 5.32 Å². The van der Waals surface area contributed by atoms with Gasteiger partial charge >= 0.3 is 0 Å². The highest BCUT2D eigenvalue weighted by Gasteiger charge is 2.29. The number of amides is 1. The van der Waals surface area contributed by atoms with E-state index < -0.39 is 6.10 Å². The number of anilines is 1. The maximum atomic E-state index is 11.1. The Morgan fingerprint density at radius 2 is 2.08 bits per heavy atom. The predicted octanol–water partition coefficient (Wildman–Crippen LogP) is 1.29. The van der Waals surface area contributed by atoms with Crippen LogP contribution in [0.4, 0.5) is 5.69 Å². The fraction of sp³-hybridized carbons (Fsp3) is 0.300. The Morgan fingerprint density at radius 1 is 1.38 bits per heavy atom. The fourth-order valence-electron chi connectivity index (χ4n) is 1.78. The molecule has 0 aliphatic carbocycles. The molecule has 0 saturated carbocycles. The highest BCUT2D eigenvalue weighted by molar-refractivity contribution is 6.02. The Hall–Kier alpha value is -1.35. The van der Waals surface area contributed by atoms with Gasteiger partial charge in [-0.05, 0) is 31.0 Å². The van der Waals surface area contributed by atoms with Gasteiger partial charge in [0.1, 0.15) is 0 Å². The SMILES string of the molecule is Cc1cc(C)c2c(c1)NC(=O)C2O. The molecule has 1 amide bonds. The Labute approximate surface area is 76.4 Å². The van der Waals surface area contributed by atoms with Gasteiger partial charge in [-0.2, -0.15) is 0 Å². The molecule has 1 aliphatic rings. The van der Waals surface area contributed by atoms with Crippen molar-refractivity contribution in [3.05, 3.63) is 28.8 Å². The van der Waals surface area contributed by atoms with Gasteiger partial charge in [0, 0.05) is 11.3 Å². The highest BCUT2D eigenvalue weighted by atomic mass is 16.3. The van der Waals surface area contributed by atoms with Crippen LogP contribution < -0.4 is 5.32 Å². The quantitative estimate of drug-likeness (QED) is 0.627. The lowest BCUT2D eigenvalue weighted by atomic mass is 10.0. The van der Waals surface area contributed by atoms with Gasteiger partial charge < -0.3 is 10.4 Å². The highest BCUT2D eigenvalue weighted by Crippen LogP contribution is 2.34. The van der Waals surface area contributed by atoms with Crippen LogP contribution in [-0.4, -0.2) is 11.0 Å². The predicted molar refractivity (Wildman–Crippen MR) is 49.5 cm³/mol. The van der Waals surface area contributed by atoms with Gasteiger partial charge in [-0.25, -0.2) is 0 Å². The van der Waals surface area contributed by atoms with Crippen molar-refractivity contribution in [2.24, 2.45) is 0 Å². The van der Waals surface area contributed by atoms with E-state index in [1.165, 1.54) is 0 Å². The number of aryl methyl sites for hydroxylation is 2. The van der Waals surface area contributed by atoms with Crippen LogP contribution in [0.25, 0.3) is 0 Å². The minimum atomic E-state index is -0.990. The molecule has 3 nitrogen and oxygen atoms in total. The molecule has 68 valence electrons. The summed E-state index contributed by atoms with van der Waals surface area (Å²) in [5.41, 5.74) is 3.51. The number of hydrogen-bond acceptors (Lipinski definition) is 2. The zero-order valence-electron chi connectivity index (χ0n) is 7.59. The first-order chi connectivity index (χ1) is 6.09. The molecule has 1 heterocycles. The average Bonchev–Trinajstić information content (AvgIpc) is 2.27. The number of fused-ring (bicyclic) bond motifs is 1. The van der Waals surface area contributed by atoms with Crippen LogP contribution >= 0.6 is 0 Å². The summed E-state index contributed by atoms with van der Waals surface area (Å²) in [6, 6.07) is 3.83. The van der Waals surface area contributed by atoms with Crippen LogP contribution in [0.3, 0.4) is 0 Å². The first kappa shape index (κ1) is 8.26. The van der Waals surface area contributed by atoms with E-state index in [0.29, 0.717) is 0 Å². The fourth-order valence-corrected chi connectivity index (χ4v) is 1.78. The summed E-state index contributed by atoms with van der Waals surface area (Å²) in [6.07, 6.45) is -0.990. The number of rotatable bonds is 0. The van der Waals surface area contributed by atoms with Gasteiger partial charge in [-0.15, -0.1) is 0 Å². The van der Waals surface area contributed by atoms with E-state index in [0.717, 1.165) is 22.4 Å². The first-order valence-corrected chi connectivity index (χ1v) is 4.19. The molecule has 1 aromatic rings. The second-order valence-electron chi connectivity index (χ2n) is 3.43. The average molecular weight is 177 g/mol. The van der Waals surface area contributed by atoms with Crippen molar-refractivity contribution in [3.63, 3.8) is 0 Å². The van der Waals surface area contributed by atoms with Gasteiger partial charge in [0.25, 0.3) is 5.91 Å². The summed E-state index contributed by atoms with van der Waals surface area (Å²) in [7, 11) is 0. The lowest BCUT2D eigenvalue weighted by molar-refractivity contribution is -0.123. The van der Waals surface area contributed by atoms with E-state index >= 15 is 0 Å². The molecule has 2 N–H and O–H groups in total. The lowest BCUT2D eigenvalue weighted by Gasteiger charge is -2.05. The Kier molecular flexibility index (Phi) is 1.63. The van der Waals surface area contributed by atoms with E-state index in [1.54, 1.807) is 0 Å². The van der Waals surface area contributed by atoms with Gasteiger partial charge in [-0.1, -0.05) is 6.07 Å². The zero-order valence-corrected chi connectivity index (χ0v) is 7.59. The summed E-state index contributed by atoms with van der Waals surface area (Å²) >= 11 is 0. The second kappa shape index (κ2) is 2.57. The maximum Gasteiger partial charge on any atom is 0.257 e. The number of aliphatic hydroxyl groups excluding tert-OH is 1. The largest absolute Gasteiger partial charge is 0.378 e. The van der Waals surface area contributed by atoms with Crippen molar-refractivity contribution in [2.75, 3.05) is 5.32 Å². The summed E-state index contributed by atoms with van der Waals surface area (Å²) in [4.78, 5) is 11.1. The minimum absolute atomic E-state index is 0.330. The van der Waals surface area contributed by atoms with Crippen LogP contribution in [0.1, 0.15) is 22.8 Å². The molecule has 0 aromatic heterocycles. The van der Waals surface area contributed by atoms with Gasteiger partial charge in [0.15, 0.2) is 6.10 Å². The number of nitrogens with one attached hydrogen (secondary N) is 1. The second-order valence-corrected chi connectivity index (χ2v) is 3.43. The Balaban J connectivity index is 2.64. The maximum absolute atomic E-state index is 11.1. The summed E-state index contributed by atoms with van der Waals surface area (Å²) in [5, 5.41) is 12.1. The molecule has 1 unspecified atom stereocenters. The molecular formula is C10H11NO2. The van der Waals surface area contributed by atoms with E-state index in [1.807, 2.05) is 26.0 Å². The smallest absolute Gasteiger partial charge is 0.257 e. The van der Waals surface area contributed by atoms with Gasteiger partial charge in [0.05, 0.1) is 0 Å². The van der Waals surface area contributed by atoms with Crippen LogP contribution in [0.2, 0.25) is 0 Å². The van der Waals surface area contributed by atoms with Crippen molar-refractivity contribution in [2.45, 2.75) is 20.0 Å². The van der Waals surface area contributed by atoms with Crippen molar-refractivity contribution in [1.82, 2.24) is 0 Å². The topological polar surface area (TPSA) is 49.3 Å². The van der Waals surface area contributed by atoms with E-state index in [4.69, 9.17) is 0 Å². The third-order valence-corrected chi connectivity index (χ3v) is 2.31. The standard InChI is InChI=1S/C10H11NO2/c1-5-3-6(2)8-7(4-5)11-10(13)9(8)12/h3-4,9,12H,1-2H3,(H,11,13). The molecule has 1 atom stereocenters. The molecule has 13 heavy (non-hydrogen) atoms. The number of aliphatic hydroxyl groups is 1. The number of carbonyl (C=O) groups excluding carboxylic acids is 1. The van der Waals surface area contributed by atoms with Gasteiger partial charge in [-0.3, -0.25) is 4.79 Å². The number of hydrogen-bond donors (Lipinski definition) is 2. The normalized spacial score (nSPS) is 19.9. The van der Waals surface area contributed by atoms with Crippen LogP contribution in [0.5, 0.6) is 0 Å². The monoisotopic (exact) mass is 177 g/mol. The molecule has 0 bridgehead atoms. The molecular weight excluding hydrogens is 166 g/mol. The van der Waals surface area contributed by atoms with Crippen molar-refractivity contribution in [1.29, 1.82) is 0 Å². The molecule has 1 aliphatic heterocycles. The molecule has 0 spiro atoms. The van der Waals surface area contributed by atoms with Gasteiger partial charge in [0.2, 0.25) is 0 Å². The summed E-state index contributed by atoms with van der Waals surface area (Å²) in [6.45, 7) is 3.86. The minimum Gasteiger partial charge on any atom is -0.378 e. The Morgan fingerprint density at radius 3 is 2.77 bits per heavy atom. The summed E-state index contributed by atoms with van der Waals surface area (Å²) < 4.78 is 0. The zero-order chi connectivity index (χ0) is 9.59.